The molecular formula is C28H34O4. The highest BCUT2D eigenvalue weighted by Gasteiger charge is 2.60. The Morgan fingerprint density at radius 2 is 1.75 bits per heavy atom. The van der Waals surface area contributed by atoms with Crippen LogP contribution in [0.15, 0.2) is 42.0 Å². The van der Waals surface area contributed by atoms with Crippen LogP contribution in [0.25, 0.3) is 0 Å². The standard InChI is InChI=1S/C28H34O4/c1-27-14-12-20(29)16-19(27)8-9-21-22-10-11-24(28(22,2)15-13-23(21)27)25(30)17-32-26(31)18-6-4-3-5-7-18/h3-7,16,21-24H,8-15,17H2,1-2H3/t21-,22-,23-,24+,27-,28-/m0/s1. The number of ether oxygens (including phenoxy) is 1. The van der Waals surface area contributed by atoms with Crippen LogP contribution in [0, 0.1) is 34.5 Å². The van der Waals surface area contributed by atoms with E-state index in [1.165, 1.54) is 5.57 Å². The molecule has 0 heterocycles. The van der Waals surface area contributed by atoms with E-state index in [-0.39, 0.29) is 29.1 Å². The van der Waals surface area contributed by atoms with Crippen molar-refractivity contribution in [2.75, 3.05) is 6.61 Å². The first-order valence-electron chi connectivity index (χ1n) is 12.3. The number of Topliss-reactive ketones (excluding diaryl/α,β-unsaturated/α-hetero) is 1. The highest BCUT2D eigenvalue weighted by atomic mass is 16.5. The van der Waals surface area contributed by atoms with Gasteiger partial charge in [0.1, 0.15) is 0 Å². The highest BCUT2D eigenvalue weighted by Crippen LogP contribution is 2.66. The summed E-state index contributed by atoms with van der Waals surface area (Å²) in [5, 5.41) is 0. The van der Waals surface area contributed by atoms with Gasteiger partial charge in [-0.25, -0.2) is 4.79 Å². The minimum Gasteiger partial charge on any atom is -0.454 e. The quantitative estimate of drug-likeness (QED) is 0.582. The maximum absolute atomic E-state index is 13.2. The minimum atomic E-state index is -0.422. The van der Waals surface area contributed by atoms with Crippen molar-refractivity contribution in [3.8, 4) is 0 Å². The van der Waals surface area contributed by atoms with Crippen LogP contribution in [0.4, 0.5) is 0 Å². The zero-order chi connectivity index (χ0) is 22.5. The number of hydrogen-bond acceptors (Lipinski definition) is 4. The number of allylic oxidation sites excluding steroid dienone is 1. The molecule has 6 atom stereocenters. The lowest BCUT2D eigenvalue weighted by Gasteiger charge is -2.58. The van der Waals surface area contributed by atoms with Gasteiger partial charge in [0, 0.05) is 12.3 Å². The summed E-state index contributed by atoms with van der Waals surface area (Å²) in [6.07, 6.45) is 9.98. The molecule has 3 saturated carbocycles. The Bertz CT molecular complexity index is 963. The lowest BCUT2D eigenvalue weighted by atomic mass is 9.46. The number of carbonyl (C=O) groups is 3. The smallest absolute Gasteiger partial charge is 0.338 e. The molecule has 1 aromatic rings. The SMILES string of the molecule is C[C@]12CC[C@H]3[C@@H](CCC4=CC(=O)CC[C@@]43C)[C@@H]1CC[C@@H]2C(=O)COC(=O)c1ccccc1. The topological polar surface area (TPSA) is 60.4 Å². The monoisotopic (exact) mass is 434 g/mol. The van der Waals surface area contributed by atoms with Gasteiger partial charge < -0.3 is 4.74 Å². The third-order valence-electron chi connectivity index (χ3n) is 9.71. The summed E-state index contributed by atoms with van der Waals surface area (Å²) < 4.78 is 5.40. The van der Waals surface area contributed by atoms with Crippen molar-refractivity contribution in [2.24, 2.45) is 34.5 Å². The Labute approximate surface area is 190 Å². The summed E-state index contributed by atoms with van der Waals surface area (Å²) >= 11 is 0. The van der Waals surface area contributed by atoms with Crippen LogP contribution in [0.3, 0.4) is 0 Å². The minimum absolute atomic E-state index is 0.000527. The number of ketones is 2. The molecule has 5 rings (SSSR count). The van der Waals surface area contributed by atoms with Crippen LogP contribution in [-0.4, -0.2) is 24.1 Å². The van der Waals surface area contributed by atoms with Gasteiger partial charge in [-0.05, 0) is 91.7 Å². The predicted molar refractivity (Wildman–Crippen MR) is 122 cm³/mol. The van der Waals surface area contributed by atoms with Gasteiger partial charge in [-0.2, -0.15) is 0 Å². The number of fused-ring (bicyclic) bond motifs is 5. The van der Waals surface area contributed by atoms with Crippen LogP contribution in [0.2, 0.25) is 0 Å². The van der Waals surface area contributed by atoms with Crippen molar-refractivity contribution in [1.82, 2.24) is 0 Å². The third-order valence-corrected chi connectivity index (χ3v) is 9.71. The van der Waals surface area contributed by atoms with Gasteiger partial charge >= 0.3 is 5.97 Å². The molecular weight excluding hydrogens is 400 g/mol. The zero-order valence-electron chi connectivity index (χ0n) is 19.3. The highest BCUT2D eigenvalue weighted by molar-refractivity contribution is 5.92. The lowest BCUT2D eigenvalue weighted by Crippen LogP contribution is -2.51. The molecule has 0 aliphatic heterocycles. The Kier molecular flexibility index (Phi) is 5.38. The number of benzene rings is 1. The third kappa shape index (κ3) is 3.38. The molecule has 170 valence electrons. The van der Waals surface area contributed by atoms with E-state index in [1.54, 1.807) is 24.3 Å². The first kappa shape index (κ1) is 21.6. The Balaban J connectivity index is 1.29. The lowest BCUT2D eigenvalue weighted by molar-refractivity contribution is -0.133. The van der Waals surface area contributed by atoms with Crippen molar-refractivity contribution in [1.29, 1.82) is 0 Å². The van der Waals surface area contributed by atoms with E-state index in [0.717, 1.165) is 44.9 Å². The largest absolute Gasteiger partial charge is 0.454 e. The average molecular weight is 435 g/mol. The molecule has 3 fully saturated rings. The Morgan fingerprint density at radius 1 is 0.969 bits per heavy atom. The van der Waals surface area contributed by atoms with Gasteiger partial charge in [-0.3, -0.25) is 9.59 Å². The van der Waals surface area contributed by atoms with Crippen LogP contribution >= 0.6 is 0 Å². The van der Waals surface area contributed by atoms with Crippen molar-refractivity contribution in [3.05, 3.63) is 47.5 Å². The molecule has 0 amide bonds. The first-order valence-corrected chi connectivity index (χ1v) is 12.3. The van der Waals surface area contributed by atoms with E-state index < -0.39 is 5.97 Å². The summed E-state index contributed by atoms with van der Waals surface area (Å²) in [5.74, 6) is 1.75. The summed E-state index contributed by atoms with van der Waals surface area (Å²) in [7, 11) is 0. The molecule has 0 bridgehead atoms. The maximum atomic E-state index is 13.2. The van der Waals surface area contributed by atoms with E-state index >= 15 is 0 Å². The van der Waals surface area contributed by atoms with Gasteiger partial charge in [0.25, 0.3) is 0 Å². The molecule has 0 spiro atoms. The number of carbonyl (C=O) groups excluding carboxylic acids is 3. The molecule has 1 aromatic carbocycles. The summed E-state index contributed by atoms with van der Waals surface area (Å²) in [6, 6.07) is 8.88. The van der Waals surface area contributed by atoms with E-state index in [0.29, 0.717) is 35.5 Å². The average Bonchev–Trinajstić information content (AvgIpc) is 3.15. The van der Waals surface area contributed by atoms with Gasteiger partial charge in [-0.1, -0.05) is 37.6 Å². The maximum Gasteiger partial charge on any atom is 0.338 e. The van der Waals surface area contributed by atoms with Gasteiger partial charge in [0.2, 0.25) is 0 Å². The molecule has 0 saturated heterocycles. The molecule has 0 aromatic heterocycles. The summed E-state index contributed by atoms with van der Waals surface area (Å²) in [6.45, 7) is 4.59. The second-order valence-electron chi connectivity index (χ2n) is 11.1. The van der Waals surface area contributed by atoms with Crippen LogP contribution < -0.4 is 0 Å². The number of esters is 1. The van der Waals surface area contributed by atoms with Crippen molar-refractivity contribution >= 4 is 17.5 Å². The number of hydrogen-bond donors (Lipinski definition) is 0. The fourth-order valence-corrected chi connectivity index (χ4v) is 7.98. The second-order valence-corrected chi connectivity index (χ2v) is 11.1. The van der Waals surface area contributed by atoms with Gasteiger partial charge in [-0.15, -0.1) is 0 Å². The van der Waals surface area contributed by atoms with Crippen LogP contribution in [0.1, 0.15) is 75.6 Å². The predicted octanol–water partition coefficient (Wildman–Crippen LogP) is 5.56. The van der Waals surface area contributed by atoms with Crippen molar-refractivity contribution in [2.45, 2.75) is 65.2 Å². The molecule has 0 unspecified atom stereocenters. The number of rotatable bonds is 4. The first-order chi connectivity index (χ1) is 15.3. The van der Waals surface area contributed by atoms with E-state index in [2.05, 4.69) is 13.8 Å². The van der Waals surface area contributed by atoms with E-state index in [9.17, 15) is 14.4 Å². The Hall–Kier alpha value is -2.23. The fourth-order valence-electron chi connectivity index (χ4n) is 7.98. The summed E-state index contributed by atoms with van der Waals surface area (Å²) in [5.41, 5.74) is 2.03. The van der Waals surface area contributed by atoms with E-state index in [1.807, 2.05) is 12.1 Å². The Morgan fingerprint density at radius 3 is 2.53 bits per heavy atom. The van der Waals surface area contributed by atoms with Crippen LogP contribution in [-0.2, 0) is 14.3 Å². The van der Waals surface area contributed by atoms with Gasteiger partial charge in [0.15, 0.2) is 18.2 Å². The molecule has 4 nitrogen and oxygen atoms in total. The fraction of sp³-hybridized carbons (Fsp3) is 0.607. The molecule has 4 aliphatic rings. The zero-order valence-corrected chi connectivity index (χ0v) is 19.3. The summed E-state index contributed by atoms with van der Waals surface area (Å²) in [4.78, 5) is 37.5. The van der Waals surface area contributed by atoms with E-state index in [4.69, 9.17) is 4.74 Å². The van der Waals surface area contributed by atoms with Gasteiger partial charge in [0.05, 0.1) is 5.56 Å². The normalized spacial score (nSPS) is 38.2. The molecule has 0 N–H and O–H groups in total. The van der Waals surface area contributed by atoms with Crippen molar-refractivity contribution < 1.29 is 19.1 Å². The molecule has 4 heteroatoms. The van der Waals surface area contributed by atoms with Crippen molar-refractivity contribution in [3.63, 3.8) is 0 Å². The molecule has 4 aliphatic carbocycles. The second kappa shape index (κ2) is 7.97. The molecule has 32 heavy (non-hydrogen) atoms. The molecule has 0 radical (unpaired) electrons. The van der Waals surface area contributed by atoms with Crippen LogP contribution in [0.5, 0.6) is 0 Å².